The number of Topliss-reactive ketones (excluding diaryl/α,β-unsaturated/α-hetero) is 1. The first-order chi connectivity index (χ1) is 5.28. The minimum atomic E-state index is -0.316. The summed E-state index contributed by atoms with van der Waals surface area (Å²) in [6.07, 6.45) is 0.223. The van der Waals surface area contributed by atoms with Crippen molar-refractivity contribution in [3.63, 3.8) is 0 Å². The molecule has 0 saturated heterocycles. The van der Waals surface area contributed by atoms with E-state index in [2.05, 4.69) is 12.2 Å². The maximum Gasteiger partial charge on any atom is 0.145 e. The van der Waals surface area contributed by atoms with E-state index >= 15 is 0 Å². The zero-order valence-corrected chi connectivity index (χ0v) is 8.99. The Bertz CT molecular complexity index is 197. The van der Waals surface area contributed by atoms with Gasteiger partial charge in [0, 0.05) is 5.41 Å². The fourth-order valence-electron chi connectivity index (χ4n) is 0.708. The van der Waals surface area contributed by atoms with Crippen molar-refractivity contribution in [2.45, 2.75) is 34.1 Å². The summed E-state index contributed by atoms with van der Waals surface area (Å²) < 4.78 is 0. The second kappa shape index (κ2) is 3.99. The lowest BCUT2D eigenvalue weighted by Crippen LogP contribution is -2.32. The van der Waals surface area contributed by atoms with Gasteiger partial charge < -0.3 is 5.73 Å². The van der Waals surface area contributed by atoms with Crippen molar-refractivity contribution < 1.29 is 4.79 Å². The first kappa shape index (κ1) is 11.6. The van der Waals surface area contributed by atoms with Crippen molar-refractivity contribution in [1.29, 1.82) is 0 Å². The molecule has 0 aliphatic rings. The number of hydrogen-bond acceptors (Lipinski definition) is 2. The average Bonchev–Trinajstić information content (AvgIpc) is 1.85. The molecule has 2 N–H and O–H groups in total. The predicted octanol–water partition coefficient (Wildman–Crippen LogP) is 1.91. The zero-order chi connectivity index (χ0) is 9.94. The van der Waals surface area contributed by atoms with Gasteiger partial charge in [0.05, 0.1) is 11.4 Å². The first-order valence-corrected chi connectivity index (χ1v) is 4.51. The normalized spacial score (nSPS) is 11.8. The first-order valence-electron chi connectivity index (χ1n) is 4.10. The van der Waals surface area contributed by atoms with Crippen LogP contribution < -0.4 is 5.73 Å². The second-order valence-corrected chi connectivity index (χ2v) is 4.47. The SMILES string of the molecule is CC(C)C(C)(C)C(=O)CC(N)=S. The lowest BCUT2D eigenvalue weighted by Gasteiger charge is -2.27. The molecule has 0 aliphatic carbocycles. The average molecular weight is 187 g/mol. The molecule has 70 valence electrons. The zero-order valence-electron chi connectivity index (χ0n) is 8.18. The highest BCUT2D eigenvalue weighted by Gasteiger charge is 2.30. The maximum atomic E-state index is 11.5. The van der Waals surface area contributed by atoms with E-state index in [0.29, 0.717) is 5.92 Å². The van der Waals surface area contributed by atoms with Gasteiger partial charge in [0.25, 0.3) is 0 Å². The lowest BCUT2D eigenvalue weighted by molar-refractivity contribution is -0.127. The molecule has 0 aromatic rings. The van der Waals surface area contributed by atoms with Crippen LogP contribution in [0.15, 0.2) is 0 Å². The van der Waals surface area contributed by atoms with E-state index in [1.807, 2.05) is 27.7 Å². The number of rotatable bonds is 4. The monoisotopic (exact) mass is 187 g/mol. The van der Waals surface area contributed by atoms with Gasteiger partial charge in [0.15, 0.2) is 0 Å². The number of carbonyl (C=O) groups excluding carboxylic acids is 1. The van der Waals surface area contributed by atoms with Crippen LogP contribution in [0.4, 0.5) is 0 Å². The van der Waals surface area contributed by atoms with Gasteiger partial charge in [-0.15, -0.1) is 0 Å². The van der Waals surface area contributed by atoms with Crippen molar-refractivity contribution in [3.8, 4) is 0 Å². The molecule has 0 heterocycles. The van der Waals surface area contributed by atoms with Crippen molar-refractivity contribution in [1.82, 2.24) is 0 Å². The Morgan fingerprint density at radius 2 is 1.92 bits per heavy atom. The maximum absolute atomic E-state index is 11.5. The molecule has 0 atom stereocenters. The van der Waals surface area contributed by atoms with E-state index in [4.69, 9.17) is 5.73 Å². The summed E-state index contributed by atoms with van der Waals surface area (Å²) in [5.41, 5.74) is 4.98. The Morgan fingerprint density at radius 1 is 1.50 bits per heavy atom. The van der Waals surface area contributed by atoms with Crippen molar-refractivity contribution in [3.05, 3.63) is 0 Å². The van der Waals surface area contributed by atoms with Crippen LogP contribution in [0.25, 0.3) is 0 Å². The third-order valence-corrected chi connectivity index (χ3v) is 2.64. The van der Waals surface area contributed by atoms with Gasteiger partial charge in [-0.2, -0.15) is 0 Å². The molecule has 3 heteroatoms. The van der Waals surface area contributed by atoms with E-state index in [1.54, 1.807) is 0 Å². The van der Waals surface area contributed by atoms with Crippen LogP contribution in [-0.2, 0) is 4.79 Å². The Balaban J connectivity index is 4.36. The quantitative estimate of drug-likeness (QED) is 0.684. The molecule has 0 amide bonds. The summed E-state index contributed by atoms with van der Waals surface area (Å²) >= 11 is 4.68. The fourth-order valence-corrected chi connectivity index (χ4v) is 0.839. The summed E-state index contributed by atoms with van der Waals surface area (Å²) in [6.45, 7) is 7.91. The van der Waals surface area contributed by atoms with Crippen molar-refractivity contribution >= 4 is 23.0 Å². The summed E-state index contributed by atoms with van der Waals surface area (Å²) in [7, 11) is 0. The number of hydrogen-bond donors (Lipinski definition) is 1. The molecule has 0 saturated carbocycles. The molecule has 0 bridgehead atoms. The molecular weight excluding hydrogens is 170 g/mol. The van der Waals surface area contributed by atoms with E-state index in [1.165, 1.54) is 0 Å². The molecule has 0 fully saturated rings. The van der Waals surface area contributed by atoms with Gasteiger partial charge >= 0.3 is 0 Å². The molecule has 0 unspecified atom stereocenters. The van der Waals surface area contributed by atoms with Crippen LogP contribution in [0, 0.1) is 11.3 Å². The Morgan fingerprint density at radius 3 is 2.17 bits per heavy atom. The van der Waals surface area contributed by atoms with Crippen LogP contribution in [0.2, 0.25) is 0 Å². The largest absolute Gasteiger partial charge is 0.393 e. The molecule has 0 aromatic heterocycles. The van der Waals surface area contributed by atoms with Gasteiger partial charge in [0.1, 0.15) is 5.78 Å². The lowest BCUT2D eigenvalue weighted by atomic mass is 9.76. The van der Waals surface area contributed by atoms with Gasteiger partial charge in [-0.1, -0.05) is 39.9 Å². The molecule has 0 aliphatic heterocycles. The molecule has 0 aromatic carbocycles. The number of carbonyl (C=O) groups is 1. The molecule has 0 radical (unpaired) electrons. The Kier molecular flexibility index (Phi) is 3.84. The van der Waals surface area contributed by atoms with Gasteiger partial charge in [-0.25, -0.2) is 0 Å². The Hall–Kier alpha value is -0.440. The summed E-state index contributed by atoms with van der Waals surface area (Å²) in [5.74, 6) is 0.448. The van der Waals surface area contributed by atoms with Crippen LogP contribution in [-0.4, -0.2) is 10.8 Å². The van der Waals surface area contributed by atoms with Gasteiger partial charge in [-0.05, 0) is 5.92 Å². The third kappa shape index (κ3) is 2.89. The smallest absolute Gasteiger partial charge is 0.145 e. The molecular formula is C9H17NOS. The van der Waals surface area contributed by atoms with Crippen molar-refractivity contribution in [2.24, 2.45) is 17.1 Å². The highest BCUT2D eigenvalue weighted by molar-refractivity contribution is 7.80. The van der Waals surface area contributed by atoms with Crippen LogP contribution >= 0.6 is 12.2 Å². The fraction of sp³-hybridized carbons (Fsp3) is 0.778. The summed E-state index contributed by atoms with van der Waals surface area (Å²) in [6, 6.07) is 0. The van der Waals surface area contributed by atoms with Gasteiger partial charge in [-0.3, -0.25) is 4.79 Å². The minimum Gasteiger partial charge on any atom is -0.393 e. The Labute approximate surface area is 79.5 Å². The van der Waals surface area contributed by atoms with E-state index in [-0.39, 0.29) is 22.6 Å². The predicted molar refractivity (Wildman–Crippen MR) is 55.0 cm³/mol. The van der Waals surface area contributed by atoms with Crippen molar-refractivity contribution in [2.75, 3.05) is 0 Å². The van der Waals surface area contributed by atoms with Crippen LogP contribution in [0.5, 0.6) is 0 Å². The second-order valence-electron chi connectivity index (χ2n) is 3.94. The summed E-state index contributed by atoms with van der Waals surface area (Å²) in [5, 5.41) is 0. The number of ketones is 1. The van der Waals surface area contributed by atoms with E-state index in [9.17, 15) is 4.79 Å². The summed E-state index contributed by atoms with van der Waals surface area (Å²) in [4.78, 5) is 11.8. The third-order valence-electron chi connectivity index (χ3n) is 2.50. The molecule has 0 rings (SSSR count). The van der Waals surface area contributed by atoms with Gasteiger partial charge in [0.2, 0.25) is 0 Å². The topological polar surface area (TPSA) is 43.1 Å². The van der Waals surface area contributed by atoms with Crippen LogP contribution in [0.3, 0.4) is 0 Å². The highest BCUT2D eigenvalue weighted by Crippen LogP contribution is 2.28. The molecule has 12 heavy (non-hydrogen) atoms. The highest BCUT2D eigenvalue weighted by atomic mass is 32.1. The standard InChI is InChI=1S/C9H17NOS/c1-6(2)9(3,4)7(11)5-8(10)12/h6H,5H2,1-4H3,(H2,10,12). The van der Waals surface area contributed by atoms with Crippen LogP contribution in [0.1, 0.15) is 34.1 Å². The molecule has 2 nitrogen and oxygen atoms in total. The minimum absolute atomic E-state index is 0.130. The number of thiocarbonyl (C=S) groups is 1. The van der Waals surface area contributed by atoms with E-state index in [0.717, 1.165) is 0 Å². The number of nitrogens with two attached hydrogens (primary N) is 1. The molecule has 0 spiro atoms. The van der Waals surface area contributed by atoms with E-state index < -0.39 is 0 Å².